The molecule has 1 aliphatic heterocycles. The molecule has 1 atom stereocenters. The highest BCUT2D eigenvalue weighted by molar-refractivity contribution is 5.75. The molecule has 0 spiro atoms. The van der Waals surface area contributed by atoms with E-state index in [1.807, 2.05) is 0 Å². The van der Waals surface area contributed by atoms with Gasteiger partial charge in [-0.25, -0.2) is 0 Å². The molecule has 3 rings (SSSR count). The number of hydrogen-bond acceptors (Lipinski definition) is 3. The largest absolute Gasteiger partial charge is 0.369 e. The molecule has 1 amide bonds. The van der Waals surface area contributed by atoms with Crippen molar-refractivity contribution in [2.24, 2.45) is 5.73 Å². The van der Waals surface area contributed by atoms with Crippen molar-refractivity contribution in [1.29, 1.82) is 0 Å². The lowest BCUT2D eigenvalue weighted by atomic mass is 9.94. The Morgan fingerprint density at radius 1 is 1.29 bits per heavy atom. The Balaban J connectivity index is 1.71. The van der Waals surface area contributed by atoms with Crippen molar-refractivity contribution in [1.82, 2.24) is 9.88 Å². The van der Waals surface area contributed by atoms with Crippen molar-refractivity contribution in [3.8, 4) is 0 Å². The zero-order valence-corrected chi connectivity index (χ0v) is 14.2. The molecule has 4 heteroatoms. The molecule has 0 aliphatic carbocycles. The summed E-state index contributed by atoms with van der Waals surface area (Å²) in [5.74, 6) is 0.132. The van der Waals surface area contributed by atoms with E-state index in [2.05, 4.69) is 54.3 Å². The Morgan fingerprint density at radius 2 is 2.12 bits per heavy atom. The molecule has 1 saturated heterocycles. The fraction of sp³-hybridized carbons (Fsp3) is 0.400. The van der Waals surface area contributed by atoms with Crippen LogP contribution in [-0.2, 0) is 11.2 Å². The highest BCUT2D eigenvalue weighted by Crippen LogP contribution is 2.26. The smallest absolute Gasteiger partial charge is 0.231 e. The van der Waals surface area contributed by atoms with Crippen LogP contribution in [0.4, 0.5) is 0 Å². The SMILES string of the molecule is Cc1cccc(Cc2cccc(C3CCCN(CC(N)=O)C3)n2)c1. The van der Waals surface area contributed by atoms with E-state index in [0.29, 0.717) is 12.5 Å². The van der Waals surface area contributed by atoms with Gasteiger partial charge in [-0.3, -0.25) is 14.7 Å². The van der Waals surface area contributed by atoms with Gasteiger partial charge in [0.15, 0.2) is 0 Å². The van der Waals surface area contributed by atoms with Gasteiger partial charge in [-0.05, 0) is 44.0 Å². The highest BCUT2D eigenvalue weighted by atomic mass is 16.1. The number of nitrogens with two attached hydrogens (primary N) is 1. The monoisotopic (exact) mass is 323 g/mol. The van der Waals surface area contributed by atoms with Crippen molar-refractivity contribution >= 4 is 5.91 Å². The summed E-state index contributed by atoms with van der Waals surface area (Å²) in [6, 6.07) is 14.9. The van der Waals surface area contributed by atoms with E-state index >= 15 is 0 Å². The van der Waals surface area contributed by atoms with Crippen LogP contribution in [0.5, 0.6) is 0 Å². The summed E-state index contributed by atoms with van der Waals surface area (Å²) < 4.78 is 0. The van der Waals surface area contributed by atoms with Crippen LogP contribution in [0.2, 0.25) is 0 Å². The molecule has 0 bridgehead atoms. The number of carbonyl (C=O) groups excluding carboxylic acids is 1. The van der Waals surface area contributed by atoms with Crippen molar-refractivity contribution < 1.29 is 4.79 Å². The summed E-state index contributed by atoms with van der Waals surface area (Å²) in [5.41, 5.74) is 10.1. The van der Waals surface area contributed by atoms with Gasteiger partial charge in [-0.1, -0.05) is 35.9 Å². The van der Waals surface area contributed by atoms with Crippen LogP contribution in [0.1, 0.15) is 41.3 Å². The molecule has 1 aromatic heterocycles. The molecule has 1 aliphatic rings. The molecule has 2 N–H and O–H groups in total. The van der Waals surface area contributed by atoms with Crippen LogP contribution in [-0.4, -0.2) is 35.4 Å². The maximum absolute atomic E-state index is 11.2. The number of aryl methyl sites for hydroxylation is 1. The second-order valence-electron chi connectivity index (χ2n) is 6.76. The normalized spacial score (nSPS) is 18.5. The van der Waals surface area contributed by atoms with Gasteiger partial charge in [-0.2, -0.15) is 0 Å². The molecular weight excluding hydrogens is 298 g/mol. The number of aromatic nitrogens is 1. The number of benzene rings is 1. The number of pyridine rings is 1. The summed E-state index contributed by atoms with van der Waals surface area (Å²) >= 11 is 0. The number of rotatable bonds is 5. The number of nitrogens with zero attached hydrogens (tertiary/aromatic N) is 2. The molecule has 1 fully saturated rings. The molecule has 2 heterocycles. The molecule has 1 aromatic carbocycles. The van der Waals surface area contributed by atoms with Gasteiger partial charge in [0.25, 0.3) is 0 Å². The van der Waals surface area contributed by atoms with E-state index in [1.165, 1.54) is 11.1 Å². The van der Waals surface area contributed by atoms with Crippen LogP contribution in [0.15, 0.2) is 42.5 Å². The maximum atomic E-state index is 11.2. The first-order chi connectivity index (χ1) is 11.6. The summed E-state index contributed by atoms with van der Waals surface area (Å²) in [5, 5.41) is 0. The fourth-order valence-electron chi connectivity index (χ4n) is 3.52. The molecule has 24 heavy (non-hydrogen) atoms. The van der Waals surface area contributed by atoms with E-state index in [4.69, 9.17) is 10.7 Å². The standard InChI is InChI=1S/C20H25N3O/c1-15-5-2-6-16(11-15)12-18-8-3-9-19(22-18)17-7-4-10-23(13-17)14-20(21)24/h2-3,5-6,8-9,11,17H,4,7,10,12-14H2,1H3,(H2,21,24). The third-order valence-corrected chi connectivity index (χ3v) is 4.60. The number of carbonyl (C=O) groups is 1. The van der Waals surface area contributed by atoms with E-state index in [-0.39, 0.29) is 5.91 Å². The van der Waals surface area contributed by atoms with Gasteiger partial charge in [0.2, 0.25) is 5.91 Å². The zero-order valence-electron chi connectivity index (χ0n) is 14.2. The number of piperidine rings is 1. The summed E-state index contributed by atoms with van der Waals surface area (Å²) in [6.45, 7) is 4.27. The number of primary amides is 1. The number of amides is 1. The van der Waals surface area contributed by atoms with Gasteiger partial charge < -0.3 is 5.73 Å². The Kier molecular flexibility index (Phi) is 5.26. The highest BCUT2D eigenvalue weighted by Gasteiger charge is 2.23. The Hall–Kier alpha value is -2.20. The lowest BCUT2D eigenvalue weighted by molar-refractivity contribution is -0.119. The average Bonchev–Trinajstić information content (AvgIpc) is 2.55. The first kappa shape index (κ1) is 16.7. The topological polar surface area (TPSA) is 59.2 Å². The first-order valence-corrected chi connectivity index (χ1v) is 8.62. The molecule has 2 aromatic rings. The average molecular weight is 323 g/mol. The molecule has 0 radical (unpaired) electrons. The van der Waals surface area contributed by atoms with Crippen LogP contribution in [0.3, 0.4) is 0 Å². The summed E-state index contributed by atoms with van der Waals surface area (Å²) in [4.78, 5) is 18.2. The Labute approximate surface area is 143 Å². The van der Waals surface area contributed by atoms with Gasteiger partial charge in [-0.15, -0.1) is 0 Å². The predicted molar refractivity (Wildman–Crippen MR) is 95.8 cm³/mol. The van der Waals surface area contributed by atoms with Crippen molar-refractivity contribution in [3.63, 3.8) is 0 Å². The number of hydrogen-bond donors (Lipinski definition) is 1. The maximum Gasteiger partial charge on any atom is 0.231 e. The minimum atomic E-state index is -0.253. The van der Waals surface area contributed by atoms with Crippen molar-refractivity contribution in [3.05, 3.63) is 65.0 Å². The number of likely N-dealkylation sites (tertiary alicyclic amines) is 1. The van der Waals surface area contributed by atoms with Gasteiger partial charge in [0.05, 0.1) is 6.54 Å². The lowest BCUT2D eigenvalue weighted by Gasteiger charge is -2.31. The van der Waals surface area contributed by atoms with Gasteiger partial charge in [0.1, 0.15) is 0 Å². The van der Waals surface area contributed by atoms with E-state index in [1.54, 1.807) is 0 Å². The molecule has 126 valence electrons. The molecule has 4 nitrogen and oxygen atoms in total. The van der Waals surface area contributed by atoms with E-state index < -0.39 is 0 Å². The molecular formula is C20H25N3O. The van der Waals surface area contributed by atoms with Crippen LogP contribution in [0.25, 0.3) is 0 Å². The van der Waals surface area contributed by atoms with Crippen molar-refractivity contribution in [2.45, 2.75) is 32.1 Å². The molecule has 1 unspecified atom stereocenters. The quantitative estimate of drug-likeness (QED) is 0.920. The Bertz CT molecular complexity index is 714. The first-order valence-electron chi connectivity index (χ1n) is 8.62. The Morgan fingerprint density at radius 3 is 2.92 bits per heavy atom. The second-order valence-corrected chi connectivity index (χ2v) is 6.76. The summed E-state index contributed by atoms with van der Waals surface area (Å²) in [7, 11) is 0. The van der Waals surface area contributed by atoms with Crippen LogP contribution < -0.4 is 5.73 Å². The minimum absolute atomic E-state index is 0.253. The predicted octanol–water partition coefficient (Wildman–Crippen LogP) is 2.65. The second kappa shape index (κ2) is 7.58. The van der Waals surface area contributed by atoms with E-state index in [0.717, 1.165) is 43.7 Å². The zero-order chi connectivity index (χ0) is 16.9. The minimum Gasteiger partial charge on any atom is -0.369 e. The van der Waals surface area contributed by atoms with Crippen LogP contribution in [0, 0.1) is 6.92 Å². The summed E-state index contributed by atoms with van der Waals surface area (Å²) in [6.07, 6.45) is 3.06. The molecule has 0 saturated carbocycles. The van der Waals surface area contributed by atoms with Crippen molar-refractivity contribution in [2.75, 3.05) is 19.6 Å². The third kappa shape index (κ3) is 4.42. The van der Waals surface area contributed by atoms with E-state index in [9.17, 15) is 4.79 Å². The lowest BCUT2D eigenvalue weighted by Crippen LogP contribution is -2.40. The van der Waals surface area contributed by atoms with Gasteiger partial charge in [0, 0.05) is 30.3 Å². The third-order valence-electron chi connectivity index (χ3n) is 4.60. The van der Waals surface area contributed by atoms with Gasteiger partial charge >= 0.3 is 0 Å². The fourth-order valence-corrected chi connectivity index (χ4v) is 3.52. The van der Waals surface area contributed by atoms with Crippen LogP contribution >= 0.6 is 0 Å².